The van der Waals surface area contributed by atoms with Crippen LogP contribution in [-0.4, -0.2) is 36.5 Å². The highest BCUT2D eigenvalue weighted by molar-refractivity contribution is 5.82. The van der Waals surface area contributed by atoms with E-state index in [1.165, 1.54) is 6.42 Å². The summed E-state index contributed by atoms with van der Waals surface area (Å²) in [5, 5.41) is 3.54. The first kappa shape index (κ1) is 10.6. The van der Waals surface area contributed by atoms with Crippen LogP contribution in [-0.2, 0) is 4.79 Å². The normalized spacial score (nSPS) is 40.6. The van der Waals surface area contributed by atoms with Crippen LogP contribution in [0.5, 0.6) is 0 Å². The van der Waals surface area contributed by atoms with Gasteiger partial charge in [0.05, 0.1) is 0 Å². The van der Waals surface area contributed by atoms with Gasteiger partial charge in [0, 0.05) is 25.0 Å². The lowest BCUT2D eigenvalue weighted by molar-refractivity contribution is -0.135. The van der Waals surface area contributed by atoms with Crippen LogP contribution in [0.1, 0.15) is 33.1 Å². The minimum atomic E-state index is 0.280. The summed E-state index contributed by atoms with van der Waals surface area (Å²) in [5.41, 5.74) is 0.280. The third-order valence-electron chi connectivity index (χ3n) is 4.78. The molecule has 0 aromatic rings. The number of nitrogens with one attached hydrogen (secondary N) is 1. The van der Waals surface area contributed by atoms with Gasteiger partial charge < -0.3 is 10.2 Å². The molecule has 0 spiro atoms. The van der Waals surface area contributed by atoms with Crippen LogP contribution in [0.3, 0.4) is 0 Å². The fourth-order valence-electron chi connectivity index (χ4n) is 3.36. The zero-order valence-electron chi connectivity index (χ0n) is 10.3. The van der Waals surface area contributed by atoms with Crippen LogP contribution in [0.4, 0.5) is 0 Å². The molecule has 0 aromatic carbocycles. The molecule has 1 N–H and O–H groups in total. The minimum absolute atomic E-state index is 0.280. The zero-order chi connectivity index (χ0) is 11.3. The van der Waals surface area contributed by atoms with Gasteiger partial charge >= 0.3 is 0 Å². The topological polar surface area (TPSA) is 32.3 Å². The Hall–Kier alpha value is -0.570. The van der Waals surface area contributed by atoms with Crippen LogP contribution < -0.4 is 5.32 Å². The Bertz CT molecular complexity index is 313. The molecule has 3 atom stereocenters. The Balaban J connectivity index is 1.62. The smallest absolute Gasteiger partial charge is 0.226 e. The Morgan fingerprint density at radius 1 is 1.38 bits per heavy atom. The molecule has 0 aromatic heterocycles. The van der Waals surface area contributed by atoms with Crippen molar-refractivity contribution in [1.82, 2.24) is 10.2 Å². The van der Waals surface area contributed by atoms with E-state index < -0.39 is 0 Å². The first-order valence-electron chi connectivity index (χ1n) is 6.60. The van der Waals surface area contributed by atoms with E-state index in [1.807, 2.05) is 0 Å². The molecule has 3 fully saturated rings. The number of carbonyl (C=O) groups is 1. The number of rotatable bonds is 1. The summed E-state index contributed by atoms with van der Waals surface area (Å²) in [6.45, 7) is 7.54. The molecule has 90 valence electrons. The SMILES string of the molecule is CC1(C)CC1C(=O)N1CCC2NCCC2C1. The highest BCUT2D eigenvalue weighted by Crippen LogP contribution is 2.52. The van der Waals surface area contributed by atoms with Gasteiger partial charge in [0.2, 0.25) is 5.91 Å². The molecule has 0 radical (unpaired) electrons. The van der Waals surface area contributed by atoms with Crippen LogP contribution in [0.15, 0.2) is 0 Å². The Labute approximate surface area is 97.6 Å². The number of piperidine rings is 1. The Morgan fingerprint density at radius 3 is 2.81 bits per heavy atom. The molecule has 1 aliphatic carbocycles. The van der Waals surface area contributed by atoms with Gasteiger partial charge in [-0.3, -0.25) is 4.79 Å². The van der Waals surface area contributed by atoms with Crippen LogP contribution in [0.25, 0.3) is 0 Å². The van der Waals surface area contributed by atoms with Crippen molar-refractivity contribution in [1.29, 1.82) is 0 Å². The van der Waals surface area contributed by atoms with Crippen LogP contribution >= 0.6 is 0 Å². The average molecular weight is 222 g/mol. The number of hydrogen-bond acceptors (Lipinski definition) is 2. The summed E-state index contributed by atoms with van der Waals surface area (Å²) in [6.07, 6.45) is 3.50. The molecule has 0 bridgehead atoms. The van der Waals surface area contributed by atoms with Gasteiger partial charge in [-0.15, -0.1) is 0 Å². The first-order chi connectivity index (χ1) is 7.58. The average Bonchev–Trinajstić information content (AvgIpc) is 2.72. The van der Waals surface area contributed by atoms with E-state index in [0.29, 0.717) is 17.9 Å². The molecule has 3 rings (SSSR count). The number of likely N-dealkylation sites (tertiary alicyclic amines) is 1. The fourth-order valence-corrected chi connectivity index (χ4v) is 3.36. The van der Waals surface area contributed by atoms with Crippen molar-refractivity contribution in [2.75, 3.05) is 19.6 Å². The summed E-state index contributed by atoms with van der Waals surface area (Å²) >= 11 is 0. The molecule has 1 saturated carbocycles. The monoisotopic (exact) mass is 222 g/mol. The van der Waals surface area contributed by atoms with Gasteiger partial charge in [-0.2, -0.15) is 0 Å². The van der Waals surface area contributed by atoms with Crippen molar-refractivity contribution in [3.05, 3.63) is 0 Å². The lowest BCUT2D eigenvalue weighted by atomic mass is 9.93. The lowest BCUT2D eigenvalue weighted by Crippen LogP contribution is -2.47. The van der Waals surface area contributed by atoms with Gasteiger partial charge in [-0.1, -0.05) is 13.8 Å². The quantitative estimate of drug-likeness (QED) is 0.724. The van der Waals surface area contributed by atoms with E-state index in [-0.39, 0.29) is 5.41 Å². The number of amides is 1. The number of fused-ring (bicyclic) bond motifs is 1. The number of carbonyl (C=O) groups excluding carboxylic acids is 1. The van der Waals surface area contributed by atoms with Crippen molar-refractivity contribution in [3.63, 3.8) is 0 Å². The number of nitrogens with zero attached hydrogens (tertiary/aromatic N) is 1. The van der Waals surface area contributed by atoms with Gasteiger partial charge in [0.1, 0.15) is 0 Å². The highest BCUT2D eigenvalue weighted by Gasteiger charge is 2.52. The highest BCUT2D eigenvalue weighted by atomic mass is 16.2. The molecular formula is C13H22N2O. The lowest BCUT2D eigenvalue weighted by Gasteiger charge is -2.35. The zero-order valence-corrected chi connectivity index (χ0v) is 10.3. The summed E-state index contributed by atoms with van der Waals surface area (Å²) in [7, 11) is 0. The van der Waals surface area contributed by atoms with E-state index >= 15 is 0 Å². The van der Waals surface area contributed by atoms with Gasteiger partial charge in [-0.05, 0) is 37.1 Å². The molecule has 3 nitrogen and oxygen atoms in total. The summed E-state index contributed by atoms with van der Waals surface area (Å²) in [4.78, 5) is 14.4. The molecular weight excluding hydrogens is 200 g/mol. The van der Waals surface area contributed by atoms with Crippen molar-refractivity contribution < 1.29 is 4.79 Å². The van der Waals surface area contributed by atoms with E-state index in [4.69, 9.17) is 0 Å². The van der Waals surface area contributed by atoms with Gasteiger partial charge in [0.15, 0.2) is 0 Å². The van der Waals surface area contributed by atoms with E-state index in [0.717, 1.165) is 38.4 Å². The predicted molar refractivity (Wildman–Crippen MR) is 63.0 cm³/mol. The van der Waals surface area contributed by atoms with Gasteiger partial charge in [-0.25, -0.2) is 0 Å². The fraction of sp³-hybridized carbons (Fsp3) is 0.923. The van der Waals surface area contributed by atoms with Crippen molar-refractivity contribution in [2.24, 2.45) is 17.3 Å². The molecule has 3 aliphatic rings. The Morgan fingerprint density at radius 2 is 2.12 bits per heavy atom. The number of hydrogen-bond donors (Lipinski definition) is 1. The van der Waals surface area contributed by atoms with Crippen LogP contribution in [0.2, 0.25) is 0 Å². The second-order valence-corrected chi connectivity index (χ2v) is 6.43. The summed E-state index contributed by atoms with van der Waals surface area (Å²) < 4.78 is 0. The molecule has 16 heavy (non-hydrogen) atoms. The van der Waals surface area contributed by atoms with E-state index in [1.54, 1.807) is 0 Å². The molecule has 2 heterocycles. The van der Waals surface area contributed by atoms with Crippen molar-refractivity contribution in [2.45, 2.75) is 39.2 Å². The maximum absolute atomic E-state index is 12.3. The molecule has 2 saturated heterocycles. The summed E-state index contributed by atoms with van der Waals surface area (Å²) in [5.74, 6) is 1.47. The maximum atomic E-state index is 12.3. The third kappa shape index (κ3) is 1.65. The largest absolute Gasteiger partial charge is 0.342 e. The van der Waals surface area contributed by atoms with E-state index in [2.05, 4.69) is 24.1 Å². The Kier molecular flexibility index (Phi) is 2.29. The first-order valence-corrected chi connectivity index (χ1v) is 6.60. The van der Waals surface area contributed by atoms with Crippen molar-refractivity contribution in [3.8, 4) is 0 Å². The second kappa shape index (κ2) is 3.46. The minimum Gasteiger partial charge on any atom is -0.342 e. The van der Waals surface area contributed by atoms with Gasteiger partial charge in [0.25, 0.3) is 0 Å². The molecule has 2 aliphatic heterocycles. The van der Waals surface area contributed by atoms with E-state index in [9.17, 15) is 4.79 Å². The standard InChI is InChI=1S/C13H22N2O/c1-13(2)7-10(13)12(16)15-6-4-11-9(8-15)3-5-14-11/h9-11,14H,3-8H2,1-2H3. The molecule has 1 amide bonds. The maximum Gasteiger partial charge on any atom is 0.226 e. The van der Waals surface area contributed by atoms with Crippen molar-refractivity contribution >= 4 is 5.91 Å². The predicted octanol–water partition coefficient (Wildman–Crippen LogP) is 1.24. The van der Waals surface area contributed by atoms with Crippen LogP contribution in [0, 0.1) is 17.3 Å². The third-order valence-corrected chi connectivity index (χ3v) is 4.78. The molecule has 3 unspecified atom stereocenters. The second-order valence-electron chi connectivity index (χ2n) is 6.43. The molecule has 3 heteroatoms. The summed E-state index contributed by atoms with van der Waals surface area (Å²) in [6, 6.07) is 0.691.